The highest BCUT2D eigenvalue weighted by atomic mass is 32.1. The first kappa shape index (κ1) is 16.6. The van der Waals surface area contributed by atoms with Gasteiger partial charge in [0.2, 0.25) is 0 Å². The molecule has 0 aliphatic rings. The molecule has 4 heterocycles. The molecule has 0 unspecified atom stereocenters. The molecule has 4 aromatic rings. The van der Waals surface area contributed by atoms with Crippen molar-refractivity contribution in [2.24, 2.45) is 7.05 Å². The lowest BCUT2D eigenvalue weighted by Gasteiger charge is -2.09. The van der Waals surface area contributed by atoms with Crippen LogP contribution in [0.4, 0.5) is 0 Å². The zero-order chi connectivity index (χ0) is 18.3. The Morgan fingerprint density at radius 2 is 2.04 bits per heavy atom. The molecule has 0 amide bonds. The molecule has 8 heteroatoms. The molecule has 0 aliphatic heterocycles. The van der Waals surface area contributed by atoms with Crippen LogP contribution in [0.5, 0.6) is 0 Å². The normalized spacial score (nSPS) is 11.5. The summed E-state index contributed by atoms with van der Waals surface area (Å²) in [5.41, 5.74) is 0.150. The molecule has 0 aromatic carbocycles. The summed E-state index contributed by atoms with van der Waals surface area (Å²) in [5.74, 6) is 1.39. The number of furan rings is 1. The van der Waals surface area contributed by atoms with Gasteiger partial charge in [-0.05, 0) is 30.5 Å². The molecule has 0 aliphatic carbocycles. The number of aryl methyl sites for hydroxylation is 1. The second-order valence-electron chi connectivity index (χ2n) is 6.01. The van der Waals surface area contributed by atoms with Crippen molar-refractivity contribution < 1.29 is 4.42 Å². The van der Waals surface area contributed by atoms with Crippen molar-refractivity contribution in [3.63, 3.8) is 0 Å². The van der Waals surface area contributed by atoms with Gasteiger partial charge in [-0.25, -0.2) is 9.78 Å². The van der Waals surface area contributed by atoms with Crippen LogP contribution >= 0.6 is 11.3 Å². The maximum Gasteiger partial charge on any atom is 0.333 e. The molecule has 0 radical (unpaired) electrons. The van der Waals surface area contributed by atoms with E-state index in [1.165, 1.54) is 9.13 Å². The molecule has 0 fully saturated rings. The van der Waals surface area contributed by atoms with Crippen LogP contribution in [0, 0.1) is 0 Å². The van der Waals surface area contributed by atoms with E-state index in [1.807, 2.05) is 24.6 Å². The van der Waals surface area contributed by atoms with Crippen LogP contribution in [-0.4, -0.2) is 18.7 Å². The number of aromatic nitrogens is 4. The number of thiophene rings is 1. The molecule has 4 aromatic heterocycles. The minimum absolute atomic E-state index is 0.234. The highest BCUT2D eigenvalue weighted by Crippen LogP contribution is 2.17. The number of fused-ring (bicyclic) bond motifs is 1. The molecule has 4 rings (SSSR count). The van der Waals surface area contributed by atoms with E-state index < -0.39 is 0 Å². The molecule has 0 atom stereocenters. The van der Waals surface area contributed by atoms with Crippen LogP contribution in [0.1, 0.15) is 23.4 Å². The third-order valence-electron chi connectivity index (χ3n) is 4.46. The van der Waals surface area contributed by atoms with Crippen molar-refractivity contribution in [3.8, 4) is 0 Å². The van der Waals surface area contributed by atoms with Gasteiger partial charge in [0.1, 0.15) is 11.6 Å². The van der Waals surface area contributed by atoms with Gasteiger partial charge in [-0.3, -0.25) is 13.9 Å². The van der Waals surface area contributed by atoms with E-state index >= 15 is 0 Å². The van der Waals surface area contributed by atoms with Crippen molar-refractivity contribution >= 4 is 22.5 Å². The number of hydrogen-bond acceptors (Lipinski definition) is 5. The van der Waals surface area contributed by atoms with Crippen LogP contribution in [0.15, 0.2) is 49.9 Å². The molecule has 0 spiro atoms. The molecule has 0 bridgehead atoms. The maximum absolute atomic E-state index is 12.8. The van der Waals surface area contributed by atoms with Gasteiger partial charge in [0.05, 0.1) is 12.8 Å². The van der Waals surface area contributed by atoms with Gasteiger partial charge in [-0.1, -0.05) is 6.07 Å². The van der Waals surface area contributed by atoms with Gasteiger partial charge in [-0.15, -0.1) is 11.3 Å². The molecule has 0 N–H and O–H groups in total. The smallest absolute Gasteiger partial charge is 0.333 e. The standard InChI is InChI=1S/C18H18N4O3S/c1-3-21-17(23)15-16(22(18(21)24)11-12-6-4-8-25-12)19-14(20(15)2)10-13-7-5-9-26-13/h4-9H,3,10-11H2,1-2H3. The third kappa shape index (κ3) is 2.62. The molecule has 26 heavy (non-hydrogen) atoms. The Kier molecular flexibility index (Phi) is 4.12. The number of rotatable bonds is 5. The van der Waals surface area contributed by atoms with Gasteiger partial charge in [0.25, 0.3) is 5.56 Å². The van der Waals surface area contributed by atoms with Crippen molar-refractivity contribution in [3.05, 3.63) is 73.2 Å². The van der Waals surface area contributed by atoms with Gasteiger partial charge in [-0.2, -0.15) is 0 Å². The van der Waals surface area contributed by atoms with E-state index in [1.54, 1.807) is 41.2 Å². The average molecular weight is 370 g/mol. The van der Waals surface area contributed by atoms with Gasteiger partial charge >= 0.3 is 5.69 Å². The SMILES string of the molecule is CCn1c(=O)c2c(nc(Cc3cccs3)n2C)n(Cc2ccco2)c1=O. The Morgan fingerprint density at radius 3 is 2.69 bits per heavy atom. The molecule has 0 saturated carbocycles. The van der Waals surface area contributed by atoms with E-state index in [2.05, 4.69) is 4.98 Å². The Bertz CT molecular complexity index is 1160. The van der Waals surface area contributed by atoms with E-state index in [4.69, 9.17) is 4.42 Å². The first-order chi connectivity index (χ1) is 12.6. The van der Waals surface area contributed by atoms with Crippen molar-refractivity contribution in [2.45, 2.75) is 26.4 Å². The predicted octanol–water partition coefficient (Wildman–Crippen LogP) is 2.21. The first-order valence-corrected chi connectivity index (χ1v) is 9.21. The molecule has 7 nitrogen and oxygen atoms in total. The van der Waals surface area contributed by atoms with Crippen molar-refractivity contribution in [1.29, 1.82) is 0 Å². The number of hydrogen-bond donors (Lipinski definition) is 0. The zero-order valence-corrected chi connectivity index (χ0v) is 15.3. The second kappa shape index (κ2) is 6.45. The largest absolute Gasteiger partial charge is 0.467 e. The van der Waals surface area contributed by atoms with Crippen molar-refractivity contribution in [1.82, 2.24) is 18.7 Å². The summed E-state index contributed by atoms with van der Waals surface area (Å²) in [7, 11) is 1.82. The number of imidazole rings is 1. The number of nitrogens with zero attached hydrogens (tertiary/aromatic N) is 4. The Labute approximate surface area is 152 Å². The maximum atomic E-state index is 12.8. The third-order valence-corrected chi connectivity index (χ3v) is 5.33. The van der Waals surface area contributed by atoms with Crippen LogP contribution < -0.4 is 11.2 Å². The topological polar surface area (TPSA) is 75.0 Å². The highest BCUT2D eigenvalue weighted by molar-refractivity contribution is 7.09. The second-order valence-corrected chi connectivity index (χ2v) is 7.05. The van der Waals surface area contributed by atoms with E-state index in [9.17, 15) is 9.59 Å². The molecule has 134 valence electrons. The van der Waals surface area contributed by atoms with Crippen LogP contribution in [0.3, 0.4) is 0 Å². The zero-order valence-electron chi connectivity index (χ0n) is 14.5. The van der Waals surface area contributed by atoms with Crippen LogP contribution in [-0.2, 0) is 26.6 Å². The Balaban J connectivity index is 1.96. The predicted molar refractivity (Wildman–Crippen MR) is 99.8 cm³/mol. The average Bonchev–Trinajstić information content (AvgIpc) is 3.36. The minimum atomic E-state index is -0.373. The lowest BCUT2D eigenvalue weighted by molar-refractivity contribution is 0.483. The van der Waals surface area contributed by atoms with Crippen molar-refractivity contribution in [2.75, 3.05) is 0 Å². The summed E-state index contributed by atoms with van der Waals surface area (Å²) in [4.78, 5) is 31.5. The summed E-state index contributed by atoms with van der Waals surface area (Å²) in [6.07, 6.45) is 2.18. The summed E-state index contributed by atoms with van der Waals surface area (Å²) in [6.45, 7) is 2.32. The van der Waals surface area contributed by atoms with Crippen LogP contribution in [0.25, 0.3) is 11.2 Å². The monoisotopic (exact) mass is 370 g/mol. The summed E-state index contributed by atoms with van der Waals surface area (Å²) < 4.78 is 9.93. The quantitative estimate of drug-likeness (QED) is 0.540. The first-order valence-electron chi connectivity index (χ1n) is 8.33. The van der Waals surface area contributed by atoms with E-state index in [0.29, 0.717) is 29.9 Å². The summed E-state index contributed by atoms with van der Waals surface area (Å²) >= 11 is 1.64. The fourth-order valence-electron chi connectivity index (χ4n) is 3.11. The lowest BCUT2D eigenvalue weighted by Crippen LogP contribution is -2.40. The molecular formula is C18H18N4O3S. The van der Waals surface area contributed by atoms with Gasteiger partial charge in [0, 0.05) is 24.9 Å². The van der Waals surface area contributed by atoms with Crippen LogP contribution in [0.2, 0.25) is 0 Å². The molecular weight excluding hydrogens is 352 g/mol. The van der Waals surface area contributed by atoms with E-state index in [0.717, 1.165) is 10.7 Å². The van der Waals surface area contributed by atoms with E-state index in [-0.39, 0.29) is 17.8 Å². The minimum Gasteiger partial charge on any atom is -0.467 e. The highest BCUT2D eigenvalue weighted by Gasteiger charge is 2.20. The summed E-state index contributed by atoms with van der Waals surface area (Å²) in [6, 6.07) is 7.59. The Morgan fingerprint density at radius 1 is 1.19 bits per heavy atom. The Hall–Kier alpha value is -2.87. The fourth-order valence-corrected chi connectivity index (χ4v) is 3.82. The van der Waals surface area contributed by atoms with Gasteiger partial charge in [0.15, 0.2) is 11.2 Å². The summed E-state index contributed by atoms with van der Waals surface area (Å²) in [5, 5.41) is 2.01. The molecule has 0 saturated heterocycles. The lowest BCUT2D eigenvalue weighted by atomic mass is 10.3. The van der Waals surface area contributed by atoms with Gasteiger partial charge < -0.3 is 8.98 Å². The fraction of sp³-hybridized carbons (Fsp3) is 0.278.